The van der Waals surface area contributed by atoms with Crippen LogP contribution in [0, 0.1) is 0 Å². The molecule has 6 heteroatoms. The molecular formula is C11H15BrN2O3. The van der Waals surface area contributed by atoms with E-state index in [1.54, 1.807) is 25.3 Å². The molecule has 1 unspecified atom stereocenters. The van der Waals surface area contributed by atoms with Crippen molar-refractivity contribution in [2.75, 3.05) is 7.11 Å². The highest BCUT2D eigenvalue weighted by Gasteiger charge is 2.15. The lowest BCUT2D eigenvalue weighted by Crippen LogP contribution is -2.33. The maximum Gasteiger partial charge on any atom is 0.180 e. The lowest BCUT2D eigenvalue weighted by atomic mass is 10.2. The van der Waals surface area contributed by atoms with Gasteiger partial charge in [-0.3, -0.25) is 0 Å². The molecule has 3 N–H and O–H groups in total. The Bertz CT molecular complexity index is 410. The molecule has 1 aromatic rings. The molecule has 0 amide bonds. The van der Waals surface area contributed by atoms with E-state index >= 15 is 0 Å². The van der Waals surface area contributed by atoms with E-state index < -0.39 is 6.10 Å². The number of hydrogen-bond donors (Lipinski definition) is 2. The minimum absolute atomic E-state index is 0.0511. The van der Waals surface area contributed by atoms with Crippen molar-refractivity contribution in [3.05, 3.63) is 22.7 Å². The van der Waals surface area contributed by atoms with Crippen molar-refractivity contribution >= 4 is 21.8 Å². The van der Waals surface area contributed by atoms with E-state index in [0.29, 0.717) is 12.2 Å². The highest BCUT2D eigenvalue weighted by molar-refractivity contribution is 9.10. The number of amidine groups is 1. The van der Waals surface area contributed by atoms with Crippen molar-refractivity contribution in [3.63, 3.8) is 0 Å². The third-order valence-electron chi connectivity index (χ3n) is 2.22. The summed E-state index contributed by atoms with van der Waals surface area (Å²) in [4.78, 5) is 0. The zero-order valence-corrected chi connectivity index (χ0v) is 11.3. The van der Waals surface area contributed by atoms with Gasteiger partial charge in [-0.1, -0.05) is 12.1 Å². The molecule has 94 valence electrons. The molecule has 1 rings (SSSR count). The minimum atomic E-state index is -0.454. The van der Waals surface area contributed by atoms with Crippen LogP contribution >= 0.6 is 15.9 Å². The molecule has 0 aliphatic rings. The summed E-state index contributed by atoms with van der Waals surface area (Å²) in [6.45, 7) is 1.89. The van der Waals surface area contributed by atoms with Crippen LogP contribution in [0.2, 0.25) is 0 Å². The molecule has 0 aromatic heterocycles. The second-order valence-electron chi connectivity index (χ2n) is 3.34. The average molecular weight is 303 g/mol. The Kier molecular flexibility index (Phi) is 5.09. The summed E-state index contributed by atoms with van der Waals surface area (Å²) in [6, 6.07) is 5.32. The third kappa shape index (κ3) is 3.52. The summed E-state index contributed by atoms with van der Waals surface area (Å²) in [5.74, 6) is 1.39. The van der Waals surface area contributed by atoms with Gasteiger partial charge in [-0.2, -0.15) is 0 Å². The number of oxime groups is 1. The summed E-state index contributed by atoms with van der Waals surface area (Å²) in [6.07, 6.45) is 0.152. The van der Waals surface area contributed by atoms with Gasteiger partial charge in [0.1, 0.15) is 11.5 Å². The molecule has 0 spiro atoms. The van der Waals surface area contributed by atoms with Gasteiger partial charge in [0, 0.05) is 0 Å². The number of hydrogen-bond acceptors (Lipinski definition) is 4. The first-order valence-corrected chi connectivity index (χ1v) is 5.89. The highest BCUT2D eigenvalue weighted by Crippen LogP contribution is 2.30. The van der Waals surface area contributed by atoms with Gasteiger partial charge in [0.25, 0.3) is 0 Å². The first-order valence-electron chi connectivity index (χ1n) is 5.10. The van der Waals surface area contributed by atoms with Crippen molar-refractivity contribution in [3.8, 4) is 11.5 Å². The van der Waals surface area contributed by atoms with E-state index in [9.17, 15) is 0 Å². The second-order valence-corrected chi connectivity index (χ2v) is 4.19. The smallest absolute Gasteiger partial charge is 0.180 e. The molecule has 0 aliphatic carbocycles. The predicted octanol–water partition coefficient (Wildman–Crippen LogP) is 2.36. The Morgan fingerprint density at radius 3 is 2.76 bits per heavy atom. The van der Waals surface area contributed by atoms with Gasteiger partial charge in [0.05, 0.1) is 11.6 Å². The van der Waals surface area contributed by atoms with Crippen LogP contribution in [0.25, 0.3) is 0 Å². The monoisotopic (exact) mass is 302 g/mol. The third-order valence-corrected chi connectivity index (χ3v) is 2.84. The largest absolute Gasteiger partial charge is 0.497 e. The van der Waals surface area contributed by atoms with Gasteiger partial charge in [-0.15, -0.1) is 0 Å². The van der Waals surface area contributed by atoms with Crippen LogP contribution in [0.15, 0.2) is 27.8 Å². The van der Waals surface area contributed by atoms with Crippen LogP contribution in [0.5, 0.6) is 11.5 Å². The fourth-order valence-corrected chi connectivity index (χ4v) is 1.73. The molecule has 0 fully saturated rings. The Hall–Kier alpha value is -1.43. The summed E-state index contributed by atoms with van der Waals surface area (Å²) in [7, 11) is 1.59. The molecule has 0 heterocycles. The normalized spacial score (nSPS) is 13.2. The molecule has 0 saturated heterocycles. The van der Waals surface area contributed by atoms with Crippen molar-refractivity contribution in [2.24, 2.45) is 10.9 Å². The molecule has 1 atom stereocenters. The van der Waals surface area contributed by atoms with Gasteiger partial charge < -0.3 is 20.4 Å². The standard InChI is InChI=1S/C11H15BrN2O3/c1-3-9(11(13)14-15)17-10-5-4-7(16-2)6-8(10)12/h4-6,9,15H,3H2,1-2H3,(H2,13,14). The van der Waals surface area contributed by atoms with Crippen LogP contribution in [-0.4, -0.2) is 24.3 Å². The zero-order valence-electron chi connectivity index (χ0n) is 9.68. The van der Waals surface area contributed by atoms with Gasteiger partial charge in [0.15, 0.2) is 11.9 Å². The zero-order chi connectivity index (χ0) is 12.8. The minimum Gasteiger partial charge on any atom is -0.497 e. The number of halogens is 1. The van der Waals surface area contributed by atoms with E-state index in [-0.39, 0.29) is 5.84 Å². The van der Waals surface area contributed by atoms with E-state index in [0.717, 1.165) is 10.2 Å². The van der Waals surface area contributed by atoms with Gasteiger partial charge in [-0.05, 0) is 40.5 Å². The molecule has 0 bridgehead atoms. The molecule has 1 aromatic carbocycles. The maximum atomic E-state index is 8.62. The molecule has 0 saturated carbocycles. The van der Waals surface area contributed by atoms with E-state index in [1.807, 2.05) is 6.92 Å². The lowest BCUT2D eigenvalue weighted by Gasteiger charge is -2.17. The summed E-state index contributed by atoms with van der Waals surface area (Å²) >= 11 is 3.37. The molecule has 5 nitrogen and oxygen atoms in total. The van der Waals surface area contributed by atoms with Crippen molar-refractivity contribution in [1.29, 1.82) is 0 Å². The van der Waals surface area contributed by atoms with E-state index in [1.165, 1.54) is 0 Å². The van der Waals surface area contributed by atoms with Crippen LogP contribution < -0.4 is 15.2 Å². The SMILES string of the molecule is CCC(Oc1ccc(OC)cc1Br)/C(N)=N/O. The number of rotatable bonds is 5. The Morgan fingerprint density at radius 2 is 2.29 bits per heavy atom. The van der Waals surface area contributed by atoms with Gasteiger partial charge in [-0.25, -0.2) is 0 Å². The van der Waals surface area contributed by atoms with Gasteiger partial charge in [0.2, 0.25) is 0 Å². The average Bonchev–Trinajstić information content (AvgIpc) is 2.36. The molecule has 17 heavy (non-hydrogen) atoms. The topological polar surface area (TPSA) is 77.1 Å². The van der Waals surface area contributed by atoms with Gasteiger partial charge >= 0.3 is 0 Å². The second kappa shape index (κ2) is 6.34. The summed E-state index contributed by atoms with van der Waals surface area (Å²) in [5, 5.41) is 11.6. The fourth-order valence-electron chi connectivity index (χ4n) is 1.27. The van der Waals surface area contributed by atoms with Crippen LogP contribution in [0.1, 0.15) is 13.3 Å². The number of methoxy groups -OCH3 is 1. The molecule has 0 radical (unpaired) electrons. The maximum absolute atomic E-state index is 8.62. The van der Waals surface area contributed by atoms with Crippen LogP contribution in [0.4, 0.5) is 0 Å². The van der Waals surface area contributed by atoms with E-state index in [4.69, 9.17) is 20.4 Å². The quantitative estimate of drug-likeness (QED) is 0.379. The van der Waals surface area contributed by atoms with Crippen molar-refractivity contribution < 1.29 is 14.7 Å². The number of ether oxygens (including phenoxy) is 2. The summed E-state index contributed by atoms with van der Waals surface area (Å²) < 4.78 is 11.5. The van der Waals surface area contributed by atoms with E-state index in [2.05, 4.69) is 21.1 Å². The first kappa shape index (κ1) is 13.6. The highest BCUT2D eigenvalue weighted by atomic mass is 79.9. The molecule has 0 aliphatic heterocycles. The fraction of sp³-hybridized carbons (Fsp3) is 0.364. The van der Waals surface area contributed by atoms with Crippen LogP contribution in [0.3, 0.4) is 0 Å². The molecular weight excluding hydrogens is 288 g/mol. The van der Waals surface area contributed by atoms with Crippen molar-refractivity contribution in [2.45, 2.75) is 19.4 Å². The number of nitrogens with zero attached hydrogens (tertiary/aromatic N) is 1. The lowest BCUT2D eigenvalue weighted by molar-refractivity contribution is 0.245. The number of benzene rings is 1. The summed E-state index contributed by atoms with van der Waals surface area (Å²) in [5.41, 5.74) is 5.52. The Labute approximate surface area is 108 Å². The Morgan fingerprint density at radius 1 is 1.59 bits per heavy atom. The Balaban J connectivity index is 2.87. The number of nitrogens with two attached hydrogens (primary N) is 1. The first-order chi connectivity index (χ1) is 8.12. The van der Waals surface area contributed by atoms with Crippen LogP contribution in [-0.2, 0) is 0 Å². The predicted molar refractivity (Wildman–Crippen MR) is 68.8 cm³/mol. The van der Waals surface area contributed by atoms with Crippen molar-refractivity contribution in [1.82, 2.24) is 0 Å².